The van der Waals surface area contributed by atoms with Gasteiger partial charge in [-0.25, -0.2) is 0 Å². The number of carbonyl (C=O) groups excluding carboxylic acids is 1. The number of carbonyl (C=O) groups is 1. The van der Waals surface area contributed by atoms with E-state index in [0.29, 0.717) is 11.7 Å². The molecule has 0 amide bonds. The SMILES string of the molecule is CCCC1CCC(=O)C(CN2CCC3CCCCC3C2)C1. The first kappa shape index (κ1) is 15.5. The third kappa shape index (κ3) is 3.88. The van der Waals surface area contributed by atoms with E-state index in [-0.39, 0.29) is 0 Å². The summed E-state index contributed by atoms with van der Waals surface area (Å²) in [5.74, 6) is 3.69. The minimum atomic E-state index is 0.357. The summed E-state index contributed by atoms with van der Waals surface area (Å²) >= 11 is 0. The van der Waals surface area contributed by atoms with Crippen LogP contribution in [0.5, 0.6) is 0 Å². The lowest BCUT2D eigenvalue weighted by Crippen LogP contribution is -2.45. The molecule has 0 aromatic carbocycles. The summed E-state index contributed by atoms with van der Waals surface area (Å²) in [6.07, 6.45) is 13.0. The molecule has 2 saturated carbocycles. The summed E-state index contributed by atoms with van der Waals surface area (Å²) in [5, 5.41) is 0. The largest absolute Gasteiger partial charge is 0.302 e. The Hall–Kier alpha value is -0.370. The van der Waals surface area contributed by atoms with Gasteiger partial charge in [-0.2, -0.15) is 0 Å². The van der Waals surface area contributed by atoms with Gasteiger partial charge in [0.15, 0.2) is 0 Å². The number of rotatable bonds is 4. The summed E-state index contributed by atoms with van der Waals surface area (Å²) < 4.78 is 0. The van der Waals surface area contributed by atoms with E-state index in [1.165, 1.54) is 64.5 Å². The van der Waals surface area contributed by atoms with E-state index in [1.54, 1.807) is 0 Å². The average molecular weight is 291 g/mol. The molecule has 1 aliphatic heterocycles. The zero-order chi connectivity index (χ0) is 14.7. The predicted octanol–water partition coefficient (Wildman–Crippen LogP) is 4.28. The van der Waals surface area contributed by atoms with Crippen molar-refractivity contribution in [1.29, 1.82) is 0 Å². The molecule has 120 valence electrons. The molecule has 3 fully saturated rings. The first-order valence-electron chi connectivity index (χ1n) is 9.51. The van der Waals surface area contributed by atoms with Gasteiger partial charge in [-0.1, -0.05) is 39.0 Å². The molecule has 21 heavy (non-hydrogen) atoms. The predicted molar refractivity (Wildman–Crippen MR) is 87.3 cm³/mol. The highest BCUT2D eigenvalue weighted by molar-refractivity contribution is 5.81. The fourth-order valence-electron chi connectivity index (χ4n) is 5.20. The molecule has 3 rings (SSSR count). The molecule has 0 aromatic rings. The Balaban J connectivity index is 1.51. The number of Topliss-reactive ketones (excluding diaryl/α,β-unsaturated/α-hetero) is 1. The van der Waals surface area contributed by atoms with Crippen molar-refractivity contribution in [3.05, 3.63) is 0 Å². The second-order valence-corrected chi connectivity index (χ2v) is 7.95. The molecule has 4 atom stereocenters. The second-order valence-electron chi connectivity index (χ2n) is 7.95. The van der Waals surface area contributed by atoms with E-state index in [0.717, 1.165) is 37.1 Å². The van der Waals surface area contributed by atoms with Gasteiger partial charge in [0.1, 0.15) is 5.78 Å². The van der Waals surface area contributed by atoms with Gasteiger partial charge in [-0.05, 0) is 50.0 Å². The number of nitrogens with zero attached hydrogens (tertiary/aromatic N) is 1. The quantitative estimate of drug-likeness (QED) is 0.770. The Kier molecular flexibility index (Phi) is 5.37. The highest BCUT2D eigenvalue weighted by atomic mass is 16.1. The highest BCUT2D eigenvalue weighted by Crippen LogP contribution is 2.37. The number of ketones is 1. The van der Waals surface area contributed by atoms with Crippen molar-refractivity contribution in [2.45, 2.75) is 71.1 Å². The van der Waals surface area contributed by atoms with Crippen molar-refractivity contribution in [2.24, 2.45) is 23.7 Å². The maximum absolute atomic E-state index is 12.3. The lowest BCUT2D eigenvalue weighted by atomic mass is 9.74. The van der Waals surface area contributed by atoms with Crippen molar-refractivity contribution in [2.75, 3.05) is 19.6 Å². The molecule has 2 heteroatoms. The molecule has 0 spiro atoms. The Morgan fingerprint density at radius 1 is 1.10 bits per heavy atom. The van der Waals surface area contributed by atoms with Crippen LogP contribution < -0.4 is 0 Å². The number of hydrogen-bond donors (Lipinski definition) is 0. The van der Waals surface area contributed by atoms with Crippen LogP contribution in [0.1, 0.15) is 71.1 Å². The zero-order valence-corrected chi connectivity index (χ0v) is 13.9. The standard InChI is InChI=1S/C19H33NO/c1-2-5-15-8-9-19(21)18(12-15)14-20-11-10-16-6-3-4-7-17(16)13-20/h15-18H,2-14H2,1H3. The minimum Gasteiger partial charge on any atom is -0.302 e. The van der Waals surface area contributed by atoms with Crippen LogP contribution in [0.15, 0.2) is 0 Å². The Morgan fingerprint density at radius 2 is 1.90 bits per heavy atom. The van der Waals surface area contributed by atoms with Crippen LogP contribution in [0.4, 0.5) is 0 Å². The van der Waals surface area contributed by atoms with Gasteiger partial charge in [0, 0.05) is 25.4 Å². The van der Waals surface area contributed by atoms with Crippen LogP contribution in [0.3, 0.4) is 0 Å². The molecular weight excluding hydrogens is 258 g/mol. The second kappa shape index (κ2) is 7.26. The van der Waals surface area contributed by atoms with Gasteiger partial charge in [-0.15, -0.1) is 0 Å². The molecule has 3 aliphatic rings. The molecule has 1 heterocycles. The van der Waals surface area contributed by atoms with Crippen LogP contribution in [-0.4, -0.2) is 30.3 Å². The van der Waals surface area contributed by atoms with Crippen molar-refractivity contribution < 1.29 is 4.79 Å². The third-order valence-corrected chi connectivity index (χ3v) is 6.42. The van der Waals surface area contributed by atoms with Crippen LogP contribution in [0.25, 0.3) is 0 Å². The average Bonchev–Trinajstić information content (AvgIpc) is 2.51. The molecule has 2 nitrogen and oxygen atoms in total. The van der Waals surface area contributed by atoms with E-state index < -0.39 is 0 Å². The van der Waals surface area contributed by atoms with Crippen molar-refractivity contribution in [3.8, 4) is 0 Å². The smallest absolute Gasteiger partial charge is 0.137 e. The molecule has 1 saturated heterocycles. The van der Waals surface area contributed by atoms with Gasteiger partial charge in [-0.3, -0.25) is 4.79 Å². The molecule has 0 aromatic heterocycles. The van der Waals surface area contributed by atoms with E-state index >= 15 is 0 Å². The molecule has 0 bridgehead atoms. The van der Waals surface area contributed by atoms with Crippen LogP contribution in [0, 0.1) is 23.7 Å². The Labute approximate surface area is 130 Å². The highest BCUT2D eigenvalue weighted by Gasteiger charge is 2.34. The fraction of sp³-hybridized carbons (Fsp3) is 0.947. The van der Waals surface area contributed by atoms with E-state index in [4.69, 9.17) is 0 Å². The maximum atomic E-state index is 12.3. The summed E-state index contributed by atoms with van der Waals surface area (Å²) in [6.45, 7) is 5.89. The van der Waals surface area contributed by atoms with Gasteiger partial charge in [0.05, 0.1) is 0 Å². The van der Waals surface area contributed by atoms with Crippen LogP contribution in [-0.2, 0) is 4.79 Å². The van der Waals surface area contributed by atoms with E-state index in [1.807, 2.05) is 0 Å². The molecular formula is C19H33NO. The lowest BCUT2D eigenvalue weighted by molar-refractivity contribution is -0.126. The maximum Gasteiger partial charge on any atom is 0.137 e. The normalized spacial score (nSPS) is 38.2. The van der Waals surface area contributed by atoms with Crippen molar-refractivity contribution in [3.63, 3.8) is 0 Å². The van der Waals surface area contributed by atoms with Crippen molar-refractivity contribution in [1.82, 2.24) is 4.90 Å². The summed E-state index contributed by atoms with van der Waals surface area (Å²) in [4.78, 5) is 14.9. The van der Waals surface area contributed by atoms with Gasteiger partial charge >= 0.3 is 0 Å². The number of hydrogen-bond acceptors (Lipinski definition) is 2. The minimum absolute atomic E-state index is 0.357. The topological polar surface area (TPSA) is 20.3 Å². The summed E-state index contributed by atoms with van der Waals surface area (Å²) in [5.41, 5.74) is 0. The number of likely N-dealkylation sites (tertiary alicyclic amines) is 1. The first-order valence-corrected chi connectivity index (χ1v) is 9.51. The Morgan fingerprint density at radius 3 is 2.71 bits per heavy atom. The molecule has 4 unspecified atom stereocenters. The van der Waals surface area contributed by atoms with Crippen molar-refractivity contribution >= 4 is 5.78 Å². The van der Waals surface area contributed by atoms with E-state index in [2.05, 4.69) is 11.8 Å². The van der Waals surface area contributed by atoms with Crippen LogP contribution in [0.2, 0.25) is 0 Å². The summed E-state index contributed by atoms with van der Waals surface area (Å²) in [6, 6.07) is 0. The number of fused-ring (bicyclic) bond motifs is 1. The Bertz CT molecular complexity index is 353. The fourth-order valence-corrected chi connectivity index (χ4v) is 5.20. The van der Waals surface area contributed by atoms with Gasteiger partial charge < -0.3 is 4.90 Å². The molecule has 0 radical (unpaired) electrons. The molecule has 2 aliphatic carbocycles. The third-order valence-electron chi connectivity index (χ3n) is 6.42. The summed E-state index contributed by atoms with van der Waals surface area (Å²) in [7, 11) is 0. The first-order chi connectivity index (χ1) is 10.3. The zero-order valence-electron chi connectivity index (χ0n) is 13.9. The van der Waals surface area contributed by atoms with E-state index in [9.17, 15) is 4.79 Å². The number of piperidine rings is 1. The molecule has 0 N–H and O–H groups in total. The van der Waals surface area contributed by atoms with Gasteiger partial charge in [0.2, 0.25) is 0 Å². The van der Waals surface area contributed by atoms with Gasteiger partial charge in [0.25, 0.3) is 0 Å². The lowest BCUT2D eigenvalue weighted by Gasteiger charge is -2.43. The van der Waals surface area contributed by atoms with Crippen LogP contribution >= 0.6 is 0 Å². The monoisotopic (exact) mass is 291 g/mol.